The van der Waals surface area contributed by atoms with Crippen molar-refractivity contribution in [1.29, 1.82) is 0 Å². The number of carboxylic acid groups (broad SMARTS) is 1. The summed E-state index contributed by atoms with van der Waals surface area (Å²) in [6.45, 7) is 0.216. The lowest BCUT2D eigenvalue weighted by Gasteiger charge is -2.11. The summed E-state index contributed by atoms with van der Waals surface area (Å²) in [6, 6.07) is 19.1. The van der Waals surface area contributed by atoms with Gasteiger partial charge in [0, 0.05) is 11.6 Å². The molecule has 1 saturated heterocycles. The molecule has 0 unspecified atom stereocenters. The average Bonchev–Trinajstić information content (AvgIpc) is 3.29. The van der Waals surface area contributed by atoms with Crippen LogP contribution in [-0.2, 0) is 11.3 Å². The Morgan fingerprint density at radius 3 is 2.59 bits per heavy atom. The second-order valence-electron chi connectivity index (χ2n) is 6.34. The number of amides is 2. The largest absolute Gasteiger partial charge is 0.478 e. The molecule has 0 atom stereocenters. The van der Waals surface area contributed by atoms with Gasteiger partial charge in [0.05, 0.1) is 17.0 Å². The number of carbonyl (C=O) groups excluding carboxylic acids is 2. The van der Waals surface area contributed by atoms with Crippen molar-refractivity contribution in [3.8, 4) is 11.3 Å². The maximum Gasteiger partial charge on any atom is 0.335 e. The lowest BCUT2D eigenvalue weighted by atomic mass is 10.1. The Kier molecular flexibility index (Phi) is 5.05. The number of carbonyl (C=O) groups is 3. The molecule has 1 aliphatic heterocycles. The van der Waals surface area contributed by atoms with Gasteiger partial charge in [-0.05, 0) is 41.6 Å². The van der Waals surface area contributed by atoms with Crippen LogP contribution in [0.3, 0.4) is 0 Å². The summed E-state index contributed by atoms with van der Waals surface area (Å²) in [7, 11) is 0. The number of carboxylic acids is 1. The number of aromatic carboxylic acids is 1. The maximum absolute atomic E-state index is 12.6. The Morgan fingerprint density at radius 2 is 1.83 bits per heavy atom. The fraction of sp³-hybridized carbons (Fsp3) is 0.0455. The van der Waals surface area contributed by atoms with Gasteiger partial charge in [0.2, 0.25) is 0 Å². The van der Waals surface area contributed by atoms with Gasteiger partial charge in [-0.15, -0.1) is 0 Å². The topological polar surface area (TPSA) is 87.8 Å². The predicted molar refractivity (Wildman–Crippen MR) is 109 cm³/mol. The molecule has 0 spiro atoms. The van der Waals surface area contributed by atoms with Crippen molar-refractivity contribution < 1.29 is 23.9 Å². The first kappa shape index (κ1) is 18.8. The molecular formula is C22H15NO5S. The predicted octanol–water partition coefficient (Wildman–Crippen LogP) is 4.88. The molecule has 3 aromatic rings. The van der Waals surface area contributed by atoms with Crippen molar-refractivity contribution in [2.75, 3.05) is 0 Å². The molecule has 2 heterocycles. The van der Waals surface area contributed by atoms with Gasteiger partial charge in [-0.1, -0.05) is 42.5 Å². The van der Waals surface area contributed by atoms with Crippen LogP contribution in [-0.4, -0.2) is 27.1 Å². The normalized spacial score (nSPS) is 15.3. The Labute approximate surface area is 170 Å². The van der Waals surface area contributed by atoms with Crippen LogP contribution in [0.2, 0.25) is 0 Å². The quantitative estimate of drug-likeness (QED) is 0.609. The van der Waals surface area contributed by atoms with Crippen LogP contribution in [0.25, 0.3) is 17.4 Å². The highest BCUT2D eigenvalue weighted by Gasteiger charge is 2.35. The van der Waals surface area contributed by atoms with Gasteiger partial charge >= 0.3 is 5.97 Å². The number of hydrogen-bond acceptors (Lipinski definition) is 5. The Morgan fingerprint density at radius 1 is 1.03 bits per heavy atom. The SMILES string of the molecule is O=C(O)c1cccc(-c2ccc(/C=C3/SC(=O)N(Cc4ccccc4)C3=O)o2)c1. The monoisotopic (exact) mass is 405 g/mol. The van der Waals surface area contributed by atoms with E-state index in [-0.39, 0.29) is 28.2 Å². The first-order chi connectivity index (χ1) is 14.0. The fourth-order valence-electron chi connectivity index (χ4n) is 2.92. The van der Waals surface area contributed by atoms with E-state index in [1.807, 2.05) is 30.3 Å². The molecular weight excluding hydrogens is 390 g/mol. The maximum atomic E-state index is 12.6. The van der Waals surface area contributed by atoms with Gasteiger partial charge in [-0.2, -0.15) is 0 Å². The lowest BCUT2D eigenvalue weighted by Crippen LogP contribution is -2.27. The minimum atomic E-state index is -1.02. The third kappa shape index (κ3) is 4.00. The molecule has 1 N–H and O–H groups in total. The van der Waals surface area contributed by atoms with Gasteiger partial charge in [0.1, 0.15) is 11.5 Å². The van der Waals surface area contributed by atoms with Crippen LogP contribution in [0.1, 0.15) is 21.7 Å². The zero-order chi connectivity index (χ0) is 20.4. The van der Waals surface area contributed by atoms with Crippen molar-refractivity contribution in [3.05, 3.63) is 88.5 Å². The Hall–Kier alpha value is -3.58. The number of hydrogen-bond donors (Lipinski definition) is 1. The molecule has 0 aliphatic carbocycles. The van der Waals surface area contributed by atoms with Crippen molar-refractivity contribution in [2.24, 2.45) is 0 Å². The number of nitrogens with zero attached hydrogens (tertiary/aromatic N) is 1. The zero-order valence-corrected chi connectivity index (χ0v) is 15.9. The van der Waals surface area contributed by atoms with Crippen molar-refractivity contribution in [2.45, 2.75) is 6.54 Å². The highest BCUT2D eigenvalue weighted by atomic mass is 32.2. The lowest BCUT2D eigenvalue weighted by molar-refractivity contribution is -0.123. The minimum Gasteiger partial charge on any atom is -0.478 e. The molecule has 7 heteroatoms. The summed E-state index contributed by atoms with van der Waals surface area (Å²) in [5.74, 6) is -0.505. The summed E-state index contributed by atoms with van der Waals surface area (Å²) in [4.78, 5) is 37.5. The molecule has 6 nitrogen and oxygen atoms in total. The van der Waals surface area contributed by atoms with Crippen LogP contribution in [0.4, 0.5) is 4.79 Å². The summed E-state index contributed by atoms with van der Waals surface area (Å²) < 4.78 is 5.74. The summed E-state index contributed by atoms with van der Waals surface area (Å²) in [6.07, 6.45) is 1.53. The molecule has 2 amide bonds. The first-order valence-electron chi connectivity index (χ1n) is 8.74. The summed E-state index contributed by atoms with van der Waals surface area (Å²) >= 11 is 0.868. The van der Waals surface area contributed by atoms with Gasteiger partial charge in [-0.25, -0.2) is 4.79 Å². The summed E-state index contributed by atoms with van der Waals surface area (Å²) in [5, 5.41) is 8.79. The molecule has 0 bridgehead atoms. The molecule has 4 rings (SSSR count). The molecule has 29 heavy (non-hydrogen) atoms. The number of benzene rings is 2. The highest BCUT2D eigenvalue weighted by Crippen LogP contribution is 2.34. The van der Waals surface area contributed by atoms with Crippen LogP contribution in [0, 0.1) is 0 Å². The molecule has 1 fully saturated rings. The van der Waals surface area contributed by atoms with Gasteiger partial charge in [0.15, 0.2) is 0 Å². The Bertz CT molecular complexity index is 1130. The van der Waals surface area contributed by atoms with Gasteiger partial charge in [-0.3, -0.25) is 14.5 Å². The molecule has 144 valence electrons. The second kappa shape index (κ2) is 7.81. The third-order valence-electron chi connectivity index (χ3n) is 4.35. The van der Waals surface area contributed by atoms with E-state index < -0.39 is 5.97 Å². The van der Waals surface area contributed by atoms with Gasteiger partial charge < -0.3 is 9.52 Å². The number of rotatable bonds is 5. The number of furan rings is 1. The molecule has 0 radical (unpaired) electrons. The molecule has 2 aromatic carbocycles. The third-order valence-corrected chi connectivity index (χ3v) is 5.26. The van der Waals surface area contributed by atoms with E-state index in [1.54, 1.807) is 24.3 Å². The minimum absolute atomic E-state index is 0.155. The van der Waals surface area contributed by atoms with Crippen LogP contribution in [0.5, 0.6) is 0 Å². The van der Waals surface area contributed by atoms with E-state index in [0.29, 0.717) is 17.1 Å². The van der Waals surface area contributed by atoms with E-state index in [1.165, 1.54) is 23.1 Å². The standard InChI is InChI=1S/C22H15NO5S/c24-20-19(29-22(27)23(20)13-14-5-2-1-3-6-14)12-17-9-10-18(28-17)15-7-4-8-16(11-15)21(25)26/h1-12H,13H2,(H,25,26)/b19-12+. The number of imide groups is 1. The van der Waals surface area contributed by atoms with Crippen molar-refractivity contribution in [1.82, 2.24) is 4.90 Å². The van der Waals surface area contributed by atoms with E-state index in [0.717, 1.165) is 17.3 Å². The van der Waals surface area contributed by atoms with Gasteiger partial charge in [0.25, 0.3) is 11.1 Å². The smallest absolute Gasteiger partial charge is 0.335 e. The first-order valence-corrected chi connectivity index (χ1v) is 9.56. The fourth-order valence-corrected chi connectivity index (χ4v) is 3.74. The number of thioether (sulfide) groups is 1. The van der Waals surface area contributed by atoms with E-state index in [4.69, 9.17) is 9.52 Å². The van der Waals surface area contributed by atoms with E-state index in [2.05, 4.69) is 0 Å². The van der Waals surface area contributed by atoms with Crippen LogP contribution < -0.4 is 0 Å². The second-order valence-corrected chi connectivity index (χ2v) is 7.33. The van der Waals surface area contributed by atoms with E-state index in [9.17, 15) is 14.4 Å². The van der Waals surface area contributed by atoms with Crippen molar-refractivity contribution in [3.63, 3.8) is 0 Å². The molecule has 1 aliphatic rings. The van der Waals surface area contributed by atoms with Crippen molar-refractivity contribution >= 4 is 35.0 Å². The average molecular weight is 405 g/mol. The van der Waals surface area contributed by atoms with Crippen LogP contribution >= 0.6 is 11.8 Å². The Balaban J connectivity index is 1.55. The highest BCUT2D eigenvalue weighted by molar-refractivity contribution is 8.18. The van der Waals surface area contributed by atoms with Crippen LogP contribution in [0.15, 0.2) is 76.1 Å². The molecule has 0 saturated carbocycles. The van der Waals surface area contributed by atoms with E-state index >= 15 is 0 Å². The molecule has 1 aromatic heterocycles. The zero-order valence-electron chi connectivity index (χ0n) is 15.1. The summed E-state index contributed by atoms with van der Waals surface area (Å²) in [5.41, 5.74) is 1.64.